The maximum atomic E-state index is 2.33. The van der Waals surface area contributed by atoms with Crippen LogP contribution in [0.3, 0.4) is 0 Å². The van der Waals surface area contributed by atoms with E-state index in [4.69, 9.17) is 0 Å². The molecule has 0 saturated heterocycles. The van der Waals surface area contributed by atoms with Crippen LogP contribution in [0.2, 0.25) is 0 Å². The quantitative estimate of drug-likeness (QED) is 0.536. The molecule has 1 aliphatic rings. The highest BCUT2D eigenvalue weighted by Crippen LogP contribution is 2.31. The van der Waals surface area contributed by atoms with E-state index in [9.17, 15) is 0 Å². The molecule has 0 radical (unpaired) electrons. The zero-order chi connectivity index (χ0) is 10.1. The Kier molecular flexibility index (Phi) is 20.0. The van der Waals surface area contributed by atoms with Gasteiger partial charge in [-0.3, -0.25) is 0 Å². The van der Waals surface area contributed by atoms with Crippen molar-refractivity contribution in [3.63, 3.8) is 0 Å². The summed E-state index contributed by atoms with van der Waals surface area (Å²) >= 11 is 0. The first-order chi connectivity index (χ1) is 6.28. The van der Waals surface area contributed by atoms with Gasteiger partial charge in [0.05, 0.1) is 0 Å². The molecule has 0 heterocycles. The van der Waals surface area contributed by atoms with Crippen molar-refractivity contribution in [1.29, 1.82) is 0 Å². The summed E-state index contributed by atoms with van der Waals surface area (Å²) in [5.74, 6) is 2.14. The second kappa shape index (κ2) is 14.4. The van der Waals surface area contributed by atoms with Crippen LogP contribution in [0.15, 0.2) is 0 Å². The third kappa shape index (κ3) is 10.7. The Morgan fingerprint density at radius 1 is 0.733 bits per heavy atom. The van der Waals surface area contributed by atoms with Crippen LogP contribution in [0.1, 0.15) is 80.1 Å². The first-order valence-corrected chi connectivity index (χ1v) is 6.28. The van der Waals surface area contributed by atoms with Crippen LogP contribution in [0.5, 0.6) is 0 Å². The molecule has 0 amide bonds. The number of hydrogen-bond acceptors (Lipinski definition) is 0. The van der Waals surface area contributed by atoms with Gasteiger partial charge >= 0.3 is 0 Å². The zero-order valence-corrected chi connectivity index (χ0v) is 12.2. The van der Waals surface area contributed by atoms with E-state index in [1.165, 1.54) is 44.9 Å². The van der Waals surface area contributed by atoms with E-state index in [0.29, 0.717) is 0 Å². The fourth-order valence-electron chi connectivity index (χ4n) is 2.05. The van der Waals surface area contributed by atoms with Gasteiger partial charge < -0.3 is 0 Å². The normalized spacial score (nSPS) is 24.0. The molecule has 0 bridgehead atoms. The maximum absolute atomic E-state index is 2.33. The lowest BCUT2D eigenvalue weighted by atomic mass is 9.80. The van der Waals surface area contributed by atoms with Gasteiger partial charge in [0.2, 0.25) is 0 Å². The van der Waals surface area contributed by atoms with Crippen molar-refractivity contribution in [2.24, 2.45) is 11.8 Å². The van der Waals surface area contributed by atoms with Crippen LogP contribution < -0.4 is 0 Å². The molecule has 1 aliphatic carbocycles. The van der Waals surface area contributed by atoms with Crippen molar-refractivity contribution >= 4 is 9.90 Å². The molecular formula is C14H35P. The minimum absolute atomic E-state index is 0. The summed E-state index contributed by atoms with van der Waals surface area (Å²) in [5, 5.41) is 0. The molecule has 0 aromatic rings. The minimum Gasteiger partial charge on any atom is -0.153 e. The molecule has 0 nitrogen and oxygen atoms in total. The van der Waals surface area contributed by atoms with Crippen molar-refractivity contribution in [1.82, 2.24) is 0 Å². The van der Waals surface area contributed by atoms with Crippen molar-refractivity contribution < 1.29 is 0 Å². The highest BCUT2D eigenvalue weighted by Gasteiger charge is 2.17. The summed E-state index contributed by atoms with van der Waals surface area (Å²) in [6.45, 7) is 8.91. The van der Waals surface area contributed by atoms with Gasteiger partial charge in [0.15, 0.2) is 0 Å². The summed E-state index contributed by atoms with van der Waals surface area (Å²) in [4.78, 5) is 0. The molecule has 1 saturated carbocycles. The zero-order valence-electron chi connectivity index (χ0n) is 10.8. The van der Waals surface area contributed by atoms with Crippen LogP contribution in [0.4, 0.5) is 0 Å². The van der Waals surface area contributed by atoms with Crippen molar-refractivity contribution in [2.45, 2.75) is 80.1 Å². The van der Waals surface area contributed by atoms with Gasteiger partial charge in [-0.15, -0.1) is 0 Å². The van der Waals surface area contributed by atoms with Crippen LogP contribution in [0.25, 0.3) is 0 Å². The lowest BCUT2D eigenvalue weighted by molar-refractivity contribution is 0.264. The molecule has 0 spiro atoms. The monoisotopic (exact) mass is 234 g/mol. The minimum atomic E-state index is 0. The Morgan fingerprint density at radius 3 is 1.07 bits per heavy atom. The maximum Gasteiger partial charge on any atom is -0.0417 e. The van der Waals surface area contributed by atoms with E-state index in [2.05, 4.69) is 27.7 Å². The van der Waals surface area contributed by atoms with E-state index in [0.717, 1.165) is 11.8 Å². The summed E-state index contributed by atoms with van der Waals surface area (Å²) in [6, 6.07) is 0. The molecule has 1 fully saturated rings. The molecule has 1 unspecified atom stereocenters. The van der Waals surface area contributed by atoms with Gasteiger partial charge in [-0.1, -0.05) is 80.1 Å². The van der Waals surface area contributed by atoms with Crippen LogP contribution >= 0.6 is 9.90 Å². The highest BCUT2D eigenvalue weighted by atomic mass is 31.0. The van der Waals surface area contributed by atoms with E-state index < -0.39 is 0 Å². The van der Waals surface area contributed by atoms with Crippen LogP contribution in [-0.2, 0) is 0 Å². The van der Waals surface area contributed by atoms with E-state index in [-0.39, 0.29) is 17.3 Å². The highest BCUT2D eigenvalue weighted by molar-refractivity contribution is 6.92. The van der Waals surface area contributed by atoms with Gasteiger partial charge in [-0.2, -0.15) is 9.90 Å². The predicted octanol–water partition coefficient (Wildman–Crippen LogP) is 5.72. The molecule has 0 N–H and O–H groups in total. The van der Waals surface area contributed by atoms with Crippen molar-refractivity contribution in [3.05, 3.63) is 0 Å². The molecule has 1 atom stereocenters. The first-order valence-electron chi connectivity index (χ1n) is 6.28. The molecule has 0 aromatic heterocycles. The Morgan fingerprint density at radius 2 is 0.933 bits per heavy atom. The third-order valence-corrected chi connectivity index (χ3v) is 3.12. The average Bonchev–Trinajstić information content (AvgIpc) is 2.19. The number of rotatable bonds is 2. The lowest BCUT2D eigenvalue weighted by Crippen LogP contribution is -2.12. The topological polar surface area (TPSA) is 0 Å². The van der Waals surface area contributed by atoms with Gasteiger partial charge in [0.1, 0.15) is 0 Å². The van der Waals surface area contributed by atoms with E-state index in [1.807, 2.05) is 0 Å². The standard InChI is InChI=1S/C10H20.C3H8.CH4.H3P/c1-3-9-5-7-10(4-2)8-6-9;1-3-2;;/h9-10H,3-8H2,1-2H3;3H2,1-2H3;1H4;1H3. The molecule has 15 heavy (non-hydrogen) atoms. The van der Waals surface area contributed by atoms with Crippen molar-refractivity contribution in [2.75, 3.05) is 0 Å². The fraction of sp³-hybridized carbons (Fsp3) is 1.00. The van der Waals surface area contributed by atoms with E-state index in [1.54, 1.807) is 0 Å². The second-order valence-electron chi connectivity index (χ2n) is 4.41. The summed E-state index contributed by atoms with van der Waals surface area (Å²) in [7, 11) is 0. The molecule has 0 aromatic carbocycles. The predicted molar refractivity (Wildman–Crippen MR) is 79.8 cm³/mol. The molecule has 96 valence electrons. The Balaban J connectivity index is -0.000000260. The van der Waals surface area contributed by atoms with Crippen LogP contribution in [-0.4, -0.2) is 0 Å². The summed E-state index contributed by atoms with van der Waals surface area (Å²) in [6.07, 6.45) is 10.1. The summed E-state index contributed by atoms with van der Waals surface area (Å²) in [5.41, 5.74) is 0. The molecule has 0 aliphatic heterocycles. The Hall–Kier alpha value is 0.430. The SMILES string of the molecule is C.CCC.CCC1CCC(CC)CC1.P. The van der Waals surface area contributed by atoms with Gasteiger partial charge in [-0.05, 0) is 11.8 Å². The molecule has 1 heteroatoms. The smallest absolute Gasteiger partial charge is 0.0417 e. The summed E-state index contributed by atoms with van der Waals surface area (Å²) < 4.78 is 0. The van der Waals surface area contributed by atoms with Gasteiger partial charge in [0.25, 0.3) is 0 Å². The molecular weight excluding hydrogens is 199 g/mol. The van der Waals surface area contributed by atoms with Gasteiger partial charge in [0, 0.05) is 0 Å². The number of hydrogen-bond donors (Lipinski definition) is 0. The Bertz CT molecular complexity index is 81.5. The van der Waals surface area contributed by atoms with Gasteiger partial charge in [-0.25, -0.2) is 0 Å². The van der Waals surface area contributed by atoms with Crippen LogP contribution in [0, 0.1) is 11.8 Å². The lowest BCUT2D eigenvalue weighted by Gasteiger charge is -2.26. The fourth-order valence-corrected chi connectivity index (χ4v) is 2.05. The second-order valence-corrected chi connectivity index (χ2v) is 4.41. The first kappa shape index (κ1) is 20.8. The van der Waals surface area contributed by atoms with E-state index >= 15 is 0 Å². The van der Waals surface area contributed by atoms with Crippen molar-refractivity contribution in [3.8, 4) is 0 Å². The average molecular weight is 234 g/mol. The Labute approximate surface area is 102 Å². The molecule has 1 rings (SSSR count). The third-order valence-electron chi connectivity index (χ3n) is 3.12. The largest absolute Gasteiger partial charge is 0.153 e.